The fourth-order valence-electron chi connectivity index (χ4n) is 4.63. The maximum absolute atomic E-state index is 15.0. The molecule has 1 aromatic carbocycles. The second kappa shape index (κ2) is 16.8. The maximum atomic E-state index is 15.0. The molecule has 0 aromatic heterocycles. The Balaban J connectivity index is 4.36. The number of benzene rings is 1. The summed E-state index contributed by atoms with van der Waals surface area (Å²) in [7, 11) is -4.22. The van der Waals surface area contributed by atoms with Crippen molar-refractivity contribution in [2.75, 3.05) is 0 Å². The lowest BCUT2D eigenvalue weighted by atomic mass is 9.83. The van der Waals surface area contributed by atoms with E-state index in [4.69, 9.17) is 10.0 Å². The monoisotopic (exact) mass is 1170 g/mol. The predicted octanol–water partition coefficient (Wildman–Crippen LogP) is 13.5. The van der Waals surface area contributed by atoms with Gasteiger partial charge in [0.15, 0.2) is 0 Å². The van der Waals surface area contributed by atoms with Gasteiger partial charge in [0.05, 0.1) is 0 Å². The highest BCUT2D eigenvalue weighted by Gasteiger charge is 3.00. The molecule has 0 saturated carbocycles. The normalized spacial score (nSPS) is 16.6. The topological polar surface area (TPSA) is 49.7 Å². The first kappa shape index (κ1) is 66.1. The number of rotatable bonds is 20. The van der Waals surface area contributed by atoms with Gasteiger partial charge >= 0.3 is 126 Å². The Hall–Kier alpha value is -3.94. The Labute approximate surface area is 361 Å². The van der Waals surface area contributed by atoms with Gasteiger partial charge in [0.2, 0.25) is 0 Å². The molecule has 46 heteroatoms. The van der Waals surface area contributed by atoms with Crippen LogP contribution in [0.5, 0.6) is 5.75 Å². The van der Waals surface area contributed by atoms with Gasteiger partial charge in [-0.15, -0.1) is 0 Å². The van der Waals surface area contributed by atoms with Crippen molar-refractivity contribution in [3.8, 4) is 5.75 Å². The molecular weight excluding hydrogens is 1170 g/mol. The first-order chi connectivity index (χ1) is 30.5. The summed E-state index contributed by atoms with van der Waals surface area (Å²) in [5.74, 6) is -175. The van der Waals surface area contributed by atoms with Gasteiger partial charge in [-0.3, -0.25) is 0 Å². The molecule has 0 heterocycles. The smallest absolute Gasteiger partial charge is 0.512 e. The van der Waals surface area contributed by atoms with Crippen molar-refractivity contribution in [3.63, 3.8) is 0 Å². The lowest BCUT2D eigenvalue weighted by Crippen LogP contribution is -2.76. The van der Waals surface area contributed by atoms with Crippen LogP contribution < -0.4 is 4.65 Å². The van der Waals surface area contributed by atoms with E-state index < -0.39 is 161 Å². The molecule has 0 bridgehead atoms. The van der Waals surface area contributed by atoms with E-state index >= 15 is 17.6 Å². The van der Waals surface area contributed by atoms with E-state index in [-0.39, 0.29) is 0 Å². The van der Waals surface area contributed by atoms with E-state index in [9.17, 15) is 167 Å². The fourth-order valence-corrected chi connectivity index (χ4v) is 4.63. The van der Waals surface area contributed by atoms with Gasteiger partial charge < -0.3 is 14.7 Å². The Morgan fingerprint density at radius 3 is 0.542 bits per heavy atom. The van der Waals surface area contributed by atoms with Crippen LogP contribution in [-0.2, 0) is 11.8 Å². The molecule has 0 fully saturated rings. The second-order valence-corrected chi connectivity index (χ2v) is 13.5. The molecule has 424 valence electrons. The first-order valence-electron chi connectivity index (χ1n) is 15.6. The summed E-state index contributed by atoms with van der Waals surface area (Å²) < 4.78 is 583. The highest BCUT2D eigenvalue weighted by molar-refractivity contribution is 6.33. The zero-order valence-electron chi connectivity index (χ0n) is 31.0. The number of hydrogen-bond donors (Lipinski definition) is 2. The highest BCUT2D eigenvalue weighted by atomic mass is 19.5. The summed E-state index contributed by atoms with van der Waals surface area (Å²) in [6.07, 6.45) is -16.9. The number of halogens is 42. The third-order valence-electron chi connectivity index (χ3n) is 8.89. The van der Waals surface area contributed by atoms with Crippen molar-refractivity contribution < 1.29 is 199 Å². The molecule has 0 radical (unpaired) electrons. The molecule has 0 atom stereocenters. The van der Waals surface area contributed by atoms with Crippen LogP contribution in [0.3, 0.4) is 0 Å². The predicted molar refractivity (Wildman–Crippen MR) is 136 cm³/mol. The summed E-state index contributed by atoms with van der Waals surface area (Å²) in [5, 5.41) is 17.2. The Morgan fingerprint density at radius 2 is 0.389 bits per heavy atom. The van der Waals surface area contributed by atoms with Crippen molar-refractivity contribution in [1.82, 2.24) is 0 Å². The summed E-state index contributed by atoms with van der Waals surface area (Å²) in [5.41, 5.74) is -9.08. The molecule has 0 unspecified atom stereocenters. The third kappa shape index (κ3) is 8.08. The summed E-state index contributed by atoms with van der Waals surface area (Å²) in [6, 6.07) is -6.43. The average molecular weight is 1170 g/mol. The van der Waals surface area contributed by atoms with E-state index in [1.165, 1.54) is 0 Å². The average Bonchev–Trinajstić information content (AvgIpc) is 3.15. The van der Waals surface area contributed by atoms with Crippen LogP contribution >= 0.6 is 0 Å². The van der Waals surface area contributed by atoms with Crippen LogP contribution in [0.1, 0.15) is 11.1 Å². The minimum Gasteiger partial charge on any atom is -0.512 e. The van der Waals surface area contributed by atoms with Crippen LogP contribution in [0.25, 0.3) is 0 Å². The van der Waals surface area contributed by atoms with Gasteiger partial charge in [-0.05, 0) is 18.2 Å². The molecule has 0 spiro atoms. The maximum Gasteiger partial charge on any atom is 0.707 e. The summed E-state index contributed by atoms with van der Waals surface area (Å²) in [4.78, 5) is 0. The van der Waals surface area contributed by atoms with Crippen molar-refractivity contribution >= 4 is 7.32 Å². The van der Waals surface area contributed by atoms with Gasteiger partial charge in [0.1, 0.15) is 5.75 Å². The molecular formula is C26H5BF42O3. The van der Waals surface area contributed by atoms with Crippen LogP contribution in [0.2, 0.25) is 0 Å². The van der Waals surface area contributed by atoms with E-state index in [0.717, 1.165) is 0 Å². The molecule has 0 aliphatic heterocycles. The van der Waals surface area contributed by atoms with Gasteiger partial charge in [0.25, 0.3) is 0 Å². The molecule has 1 rings (SSSR count). The zero-order valence-corrected chi connectivity index (χ0v) is 31.0. The zero-order chi connectivity index (χ0) is 59.1. The molecule has 3 nitrogen and oxygen atoms in total. The highest BCUT2D eigenvalue weighted by Crippen LogP contribution is 2.70. The largest absolute Gasteiger partial charge is 0.707 e. The van der Waals surface area contributed by atoms with Crippen molar-refractivity contribution in [2.45, 2.75) is 119 Å². The minimum atomic E-state index is -9.97. The quantitative estimate of drug-likeness (QED) is 0.101. The van der Waals surface area contributed by atoms with Gasteiger partial charge in [0, 0.05) is 11.1 Å². The van der Waals surface area contributed by atoms with E-state index in [2.05, 4.69) is 4.65 Å². The standard InChI is InChI=1S/C26H5BF42O3/c28-7(29,9(32,33)11(36,37)13(40,41)15(44,45)17(48,49)19(52,53)21(56,57)23(60,61)25(64,65)66)4-1-5(3-6(2-4)72-27(70)71)8(30,31)10(34,35)12(38,39)14(42,43)16(46,47)18(50,51)20(54,55)22(58,59)24(62,63)26(67,68)69/h1-3,70-71H. The van der Waals surface area contributed by atoms with Crippen molar-refractivity contribution in [3.05, 3.63) is 29.3 Å². The Kier molecular flexibility index (Phi) is 15.4. The SMILES string of the molecule is OB(O)Oc1cc(C(F)(F)C(F)(F)C(F)(F)C(F)(F)C(F)(F)C(F)(F)C(F)(F)C(F)(F)C(F)(F)C(F)(F)F)cc(C(F)(F)C(F)(F)C(F)(F)C(F)(F)C(F)(F)C(F)(F)C(F)(F)C(F)(F)C(F)(F)C(F)(F)F)c1. The molecule has 0 saturated heterocycles. The second-order valence-electron chi connectivity index (χ2n) is 13.5. The Bertz CT molecular complexity index is 1990. The lowest BCUT2D eigenvalue weighted by Gasteiger charge is -2.45. The van der Waals surface area contributed by atoms with Gasteiger partial charge in [-0.2, -0.15) is 184 Å². The lowest BCUT2D eigenvalue weighted by molar-refractivity contribution is -0.475. The van der Waals surface area contributed by atoms with Crippen LogP contribution in [0, 0.1) is 0 Å². The van der Waals surface area contributed by atoms with Crippen molar-refractivity contribution in [2.24, 2.45) is 0 Å². The molecule has 72 heavy (non-hydrogen) atoms. The molecule has 2 N–H and O–H groups in total. The molecule has 1 aromatic rings. The van der Waals surface area contributed by atoms with Crippen molar-refractivity contribution in [1.29, 1.82) is 0 Å². The summed E-state index contributed by atoms with van der Waals surface area (Å²) in [6.45, 7) is 0. The molecule has 0 aliphatic carbocycles. The van der Waals surface area contributed by atoms with Crippen LogP contribution in [0.4, 0.5) is 184 Å². The molecule has 0 aliphatic rings. The summed E-state index contributed by atoms with van der Waals surface area (Å²) >= 11 is 0. The molecule has 0 amide bonds. The fraction of sp³-hybridized carbons (Fsp3) is 0.769. The van der Waals surface area contributed by atoms with Gasteiger partial charge in [-0.25, -0.2) is 0 Å². The number of alkyl halides is 42. The number of hydrogen-bond acceptors (Lipinski definition) is 3. The first-order valence-corrected chi connectivity index (χ1v) is 15.6. The van der Waals surface area contributed by atoms with E-state index in [0.29, 0.717) is 0 Å². The van der Waals surface area contributed by atoms with E-state index in [1.54, 1.807) is 0 Å². The van der Waals surface area contributed by atoms with E-state index in [1.807, 2.05) is 0 Å². The van der Waals surface area contributed by atoms with Crippen LogP contribution in [-0.4, -0.2) is 124 Å². The van der Waals surface area contributed by atoms with Gasteiger partial charge in [-0.1, -0.05) is 0 Å². The minimum absolute atomic E-state index is 1.89. The Morgan fingerprint density at radius 1 is 0.236 bits per heavy atom. The van der Waals surface area contributed by atoms with Crippen LogP contribution in [0.15, 0.2) is 18.2 Å². The third-order valence-corrected chi connectivity index (χ3v) is 8.89.